The first-order valence-electron chi connectivity index (χ1n) is 5.43. The lowest BCUT2D eigenvalue weighted by atomic mass is 9.85. The number of aliphatic carboxylic acids is 1. The zero-order valence-electron chi connectivity index (χ0n) is 9.68. The summed E-state index contributed by atoms with van der Waals surface area (Å²) in [5, 5.41) is 19.5. The minimum Gasteiger partial charge on any atom is -0.479 e. The van der Waals surface area contributed by atoms with Crippen molar-refractivity contribution in [1.29, 1.82) is 0 Å². The number of carboxylic acids is 1. The van der Waals surface area contributed by atoms with Crippen molar-refractivity contribution in [2.24, 2.45) is 0 Å². The molecule has 0 spiro atoms. The summed E-state index contributed by atoms with van der Waals surface area (Å²) >= 11 is 0. The first kappa shape index (κ1) is 13.2. The van der Waals surface area contributed by atoms with E-state index in [0.29, 0.717) is 0 Å². The normalized spacial score (nSPS) is 11.3. The van der Waals surface area contributed by atoms with Crippen molar-refractivity contribution in [1.82, 2.24) is 0 Å². The van der Waals surface area contributed by atoms with E-state index in [-0.39, 0.29) is 0 Å². The molecule has 5 heteroatoms. The van der Waals surface area contributed by atoms with Gasteiger partial charge in [0.25, 0.3) is 0 Å². The second kappa shape index (κ2) is 4.78. The van der Waals surface area contributed by atoms with Crippen LogP contribution in [-0.4, -0.2) is 16.2 Å². The van der Waals surface area contributed by atoms with E-state index in [9.17, 15) is 23.8 Å². The molecule has 0 aromatic heterocycles. The van der Waals surface area contributed by atoms with Gasteiger partial charge in [0.1, 0.15) is 11.6 Å². The van der Waals surface area contributed by atoms with Gasteiger partial charge in [0.15, 0.2) is 0 Å². The number of rotatable bonds is 3. The Morgan fingerprint density at radius 3 is 1.58 bits per heavy atom. The molecule has 2 rings (SSSR count). The van der Waals surface area contributed by atoms with Gasteiger partial charge in [-0.2, -0.15) is 0 Å². The average molecular weight is 264 g/mol. The van der Waals surface area contributed by atoms with Crippen LogP contribution in [-0.2, 0) is 10.4 Å². The highest BCUT2D eigenvalue weighted by atomic mass is 19.1. The maximum absolute atomic E-state index is 13.7. The van der Waals surface area contributed by atoms with Crippen molar-refractivity contribution in [3.05, 3.63) is 71.3 Å². The SMILES string of the molecule is O=C(O)C(O)(c1ccccc1F)c1ccccc1F. The van der Waals surface area contributed by atoms with Crippen LogP contribution in [0, 0.1) is 11.6 Å². The summed E-state index contributed by atoms with van der Waals surface area (Å²) in [6, 6.07) is 9.66. The molecule has 0 amide bonds. The zero-order chi connectivity index (χ0) is 14.0. The van der Waals surface area contributed by atoms with Crippen molar-refractivity contribution in [3.63, 3.8) is 0 Å². The predicted octanol–water partition coefficient (Wildman–Crippen LogP) is 2.29. The molecule has 0 unspecified atom stereocenters. The van der Waals surface area contributed by atoms with E-state index in [0.717, 1.165) is 24.3 Å². The molecule has 0 bridgehead atoms. The molecule has 0 saturated carbocycles. The van der Waals surface area contributed by atoms with Gasteiger partial charge in [-0.15, -0.1) is 0 Å². The van der Waals surface area contributed by atoms with Gasteiger partial charge in [0.2, 0.25) is 5.60 Å². The number of benzene rings is 2. The number of hydrogen-bond donors (Lipinski definition) is 2. The smallest absolute Gasteiger partial charge is 0.345 e. The summed E-state index contributed by atoms with van der Waals surface area (Å²) in [7, 11) is 0. The fourth-order valence-corrected chi connectivity index (χ4v) is 1.88. The van der Waals surface area contributed by atoms with Gasteiger partial charge in [0.05, 0.1) is 0 Å². The van der Waals surface area contributed by atoms with Crippen LogP contribution < -0.4 is 0 Å². The Morgan fingerprint density at radius 1 is 0.895 bits per heavy atom. The Hall–Kier alpha value is -2.27. The van der Waals surface area contributed by atoms with Crippen LogP contribution in [0.15, 0.2) is 48.5 Å². The number of carboxylic acid groups (broad SMARTS) is 1. The monoisotopic (exact) mass is 264 g/mol. The highest BCUT2D eigenvalue weighted by Crippen LogP contribution is 2.33. The molecule has 0 aliphatic heterocycles. The Kier molecular flexibility index (Phi) is 3.31. The van der Waals surface area contributed by atoms with Crippen LogP contribution in [0.4, 0.5) is 8.78 Å². The number of halogens is 2. The van der Waals surface area contributed by atoms with Gasteiger partial charge < -0.3 is 10.2 Å². The van der Waals surface area contributed by atoms with Crippen molar-refractivity contribution in [2.45, 2.75) is 5.60 Å². The fraction of sp³-hybridized carbons (Fsp3) is 0.0714. The Balaban J connectivity index is 2.73. The third-order valence-corrected chi connectivity index (χ3v) is 2.84. The summed E-state index contributed by atoms with van der Waals surface area (Å²) in [5.41, 5.74) is -3.78. The molecule has 98 valence electrons. The molecule has 2 aromatic rings. The molecule has 2 N–H and O–H groups in total. The van der Waals surface area contributed by atoms with Crippen LogP contribution in [0.2, 0.25) is 0 Å². The van der Waals surface area contributed by atoms with Gasteiger partial charge in [-0.3, -0.25) is 0 Å². The summed E-state index contributed by atoms with van der Waals surface area (Å²) in [6.45, 7) is 0. The van der Waals surface area contributed by atoms with Crippen LogP contribution in [0.1, 0.15) is 11.1 Å². The van der Waals surface area contributed by atoms with Crippen molar-refractivity contribution in [2.75, 3.05) is 0 Å². The molecule has 2 aromatic carbocycles. The Morgan fingerprint density at radius 2 is 1.26 bits per heavy atom. The molecular formula is C14H10F2O3. The highest BCUT2D eigenvalue weighted by Gasteiger charge is 2.44. The average Bonchev–Trinajstić information content (AvgIpc) is 2.38. The van der Waals surface area contributed by atoms with Crippen molar-refractivity contribution < 1.29 is 23.8 Å². The third kappa shape index (κ3) is 2.08. The summed E-state index contributed by atoms with van der Waals surface area (Å²) in [4.78, 5) is 11.3. The van der Waals surface area contributed by atoms with Crippen LogP contribution in [0.25, 0.3) is 0 Å². The second-order valence-electron chi connectivity index (χ2n) is 3.98. The maximum Gasteiger partial charge on any atom is 0.345 e. The van der Waals surface area contributed by atoms with Gasteiger partial charge in [-0.05, 0) is 12.1 Å². The van der Waals surface area contributed by atoms with Gasteiger partial charge in [-0.1, -0.05) is 36.4 Å². The van der Waals surface area contributed by atoms with Gasteiger partial charge >= 0.3 is 5.97 Å². The minimum absolute atomic E-state index is 0.507. The molecule has 3 nitrogen and oxygen atoms in total. The molecular weight excluding hydrogens is 254 g/mol. The number of hydrogen-bond acceptors (Lipinski definition) is 2. The fourth-order valence-electron chi connectivity index (χ4n) is 1.88. The summed E-state index contributed by atoms with van der Waals surface area (Å²) in [5.74, 6) is -3.59. The molecule has 0 aliphatic rings. The van der Waals surface area contributed by atoms with Gasteiger partial charge in [-0.25, -0.2) is 13.6 Å². The van der Waals surface area contributed by atoms with Crippen LogP contribution in [0.5, 0.6) is 0 Å². The highest BCUT2D eigenvalue weighted by molar-refractivity contribution is 5.83. The number of aliphatic hydroxyl groups is 1. The van der Waals surface area contributed by atoms with Crippen LogP contribution in [0.3, 0.4) is 0 Å². The molecule has 0 heterocycles. The molecule has 0 atom stereocenters. The minimum atomic E-state index is -2.77. The largest absolute Gasteiger partial charge is 0.479 e. The first-order chi connectivity index (χ1) is 8.98. The molecule has 0 radical (unpaired) electrons. The summed E-state index contributed by atoms with van der Waals surface area (Å²) in [6.07, 6.45) is 0. The lowest BCUT2D eigenvalue weighted by Gasteiger charge is -2.25. The molecule has 0 fully saturated rings. The van der Waals surface area contributed by atoms with Crippen molar-refractivity contribution >= 4 is 5.97 Å². The lowest BCUT2D eigenvalue weighted by molar-refractivity contribution is -0.155. The topological polar surface area (TPSA) is 57.5 Å². The predicted molar refractivity (Wildman–Crippen MR) is 63.4 cm³/mol. The van der Waals surface area contributed by atoms with E-state index in [1.807, 2.05) is 0 Å². The van der Waals surface area contributed by atoms with Crippen LogP contribution >= 0.6 is 0 Å². The Labute approximate surface area is 107 Å². The van der Waals surface area contributed by atoms with E-state index < -0.39 is 34.3 Å². The maximum atomic E-state index is 13.7. The summed E-state index contributed by atoms with van der Waals surface area (Å²) < 4.78 is 27.4. The van der Waals surface area contributed by atoms with E-state index in [4.69, 9.17) is 0 Å². The van der Waals surface area contributed by atoms with E-state index in [2.05, 4.69) is 0 Å². The Bertz CT molecular complexity index is 580. The quantitative estimate of drug-likeness (QED) is 0.894. The van der Waals surface area contributed by atoms with E-state index in [1.165, 1.54) is 24.3 Å². The lowest BCUT2D eigenvalue weighted by Crippen LogP contribution is -2.38. The number of carbonyl (C=O) groups is 1. The van der Waals surface area contributed by atoms with Gasteiger partial charge in [0, 0.05) is 11.1 Å². The van der Waals surface area contributed by atoms with Crippen molar-refractivity contribution in [3.8, 4) is 0 Å². The zero-order valence-corrected chi connectivity index (χ0v) is 9.68. The first-order valence-corrected chi connectivity index (χ1v) is 5.43. The standard InChI is InChI=1S/C14H10F2O3/c15-11-7-3-1-5-9(11)14(19,13(17)18)10-6-2-4-8-12(10)16/h1-8,19H,(H,17,18). The molecule has 19 heavy (non-hydrogen) atoms. The molecule has 0 saturated heterocycles. The van der Waals surface area contributed by atoms with E-state index >= 15 is 0 Å². The van der Waals surface area contributed by atoms with E-state index in [1.54, 1.807) is 0 Å². The second-order valence-corrected chi connectivity index (χ2v) is 3.98. The third-order valence-electron chi connectivity index (χ3n) is 2.84. The molecule has 0 aliphatic carbocycles.